The van der Waals surface area contributed by atoms with Crippen molar-refractivity contribution < 1.29 is 13.9 Å². The predicted octanol–water partition coefficient (Wildman–Crippen LogP) is 3.59. The minimum atomic E-state index is -0.651. The van der Waals surface area contributed by atoms with E-state index in [2.05, 4.69) is 5.32 Å². The lowest BCUT2D eigenvalue weighted by Gasteiger charge is -2.09. The van der Waals surface area contributed by atoms with E-state index in [1.165, 1.54) is 12.1 Å². The van der Waals surface area contributed by atoms with Gasteiger partial charge in [0.2, 0.25) is 0 Å². The lowest BCUT2D eigenvalue weighted by Crippen LogP contribution is -2.02. The van der Waals surface area contributed by atoms with E-state index in [9.17, 15) is 13.9 Å². The van der Waals surface area contributed by atoms with E-state index in [4.69, 9.17) is 0 Å². The first-order valence-electron chi connectivity index (χ1n) is 5.53. The topological polar surface area (TPSA) is 32.3 Å². The zero-order valence-corrected chi connectivity index (χ0v) is 9.87. The molecule has 0 aliphatic rings. The number of rotatable bonds is 3. The fourth-order valence-electron chi connectivity index (χ4n) is 1.68. The van der Waals surface area contributed by atoms with E-state index in [1.54, 1.807) is 12.1 Å². The highest BCUT2D eigenvalue weighted by molar-refractivity contribution is 5.47. The minimum absolute atomic E-state index is 0.149. The molecule has 0 heterocycles. The van der Waals surface area contributed by atoms with Crippen molar-refractivity contribution in [3.05, 3.63) is 59.2 Å². The van der Waals surface area contributed by atoms with E-state index in [-0.39, 0.29) is 18.0 Å². The van der Waals surface area contributed by atoms with E-state index >= 15 is 0 Å². The molecule has 2 nitrogen and oxygen atoms in total. The number of aromatic hydroxyl groups is 1. The van der Waals surface area contributed by atoms with Crippen LogP contribution in [0.5, 0.6) is 5.75 Å². The van der Waals surface area contributed by atoms with Gasteiger partial charge in [0.1, 0.15) is 17.4 Å². The zero-order valence-electron chi connectivity index (χ0n) is 9.87. The predicted molar refractivity (Wildman–Crippen MR) is 66.5 cm³/mol. The van der Waals surface area contributed by atoms with Crippen molar-refractivity contribution >= 4 is 5.69 Å². The molecule has 94 valence electrons. The number of phenolic OH excluding ortho intramolecular Hbond substituents is 1. The van der Waals surface area contributed by atoms with Crippen molar-refractivity contribution in [1.82, 2.24) is 0 Å². The van der Waals surface area contributed by atoms with E-state index in [0.29, 0.717) is 5.56 Å². The summed E-state index contributed by atoms with van der Waals surface area (Å²) in [5.41, 5.74) is 1.88. The van der Waals surface area contributed by atoms with Gasteiger partial charge in [-0.3, -0.25) is 0 Å². The molecule has 0 spiro atoms. The lowest BCUT2D eigenvalue weighted by molar-refractivity contribution is 0.469. The van der Waals surface area contributed by atoms with Gasteiger partial charge in [0.05, 0.1) is 5.69 Å². The van der Waals surface area contributed by atoms with Crippen LogP contribution in [0.3, 0.4) is 0 Å². The SMILES string of the molecule is Cc1ccc(O)c(CNc2ccc(F)cc2F)c1. The smallest absolute Gasteiger partial charge is 0.149 e. The molecule has 0 fully saturated rings. The molecular formula is C14H13F2NO. The Labute approximate surface area is 104 Å². The highest BCUT2D eigenvalue weighted by Crippen LogP contribution is 2.21. The molecule has 0 atom stereocenters. The maximum absolute atomic E-state index is 13.4. The van der Waals surface area contributed by atoms with Gasteiger partial charge in [-0.2, -0.15) is 0 Å². The fraction of sp³-hybridized carbons (Fsp3) is 0.143. The average Bonchev–Trinajstić information content (AvgIpc) is 2.32. The lowest BCUT2D eigenvalue weighted by atomic mass is 10.1. The van der Waals surface area contributed by atoms with Gasteiger partial charge in [-0.1, -0.05) is 17.7 Å². The molecule has 0 unspecified atom stereocenters. The van der Waals surface area contributed by atoms with Crippen LogP contribution in [0, 0.1) is 18.6 Å². The first kappa shape index (κ1) is 12.4. The average molecular weight is 249 g/mol. The first-order chi connectivity index (χ1) is 8.56. The van der Waals surface area contributed by atoms with Gasteiger partial charge in [-0.25, -0.2) is 8.78 Å². The quantitative estimate of drug-likeness (QED) is 0.871. The fourth-order valence-corrected chi connectivity index (χ4v) is 1.68. The van der Waals surface area contributed by atoms with Gasteiger partial charge >= 0.3 is 0 Å². The highest BCUT2D eigenvalue weighted by atomic mass is 19.1. The van der Waals surface area contributed by atoms with E-state index in [1.807, 2.05) is 13.0 Å². The third kappa shape index (κ3) is 2.77. The summed E-state index contributed by atoms with van der Waals surface area (Å²) in [5, 5.41) is 12.5. The zero-order chi connectivity index (χ0) is 13.1. The summed E-state index contributed by atoms with van der Waals surface area (Å²) >= 11 is 0. The molecule has 0 aliphatic heterocycles. The summed E-state index contributed by atoms with van der Waals surface area (Å²) < 4.78 is 26.1. The molecule has 2 aromatic rings. The highest BCUT2D eigenvalue weighted by Gasteiger charge is 2.05. The van der Waals surface area contributed by atoms with Crippen LogP contribution in [0.25, 0.3) is 0 Å². The van der Waals surface area contributed by atoms with Gasteiger partial charge in [0, 0.05) is 18.2 Å². The summed E-state index contributed by atoms with van der Waals surface area (Å²) in [4.78, 5) is 0. The van der Waals surface area contributed by atoms with Crippen LogP contribution < -0.4 is 5.32 Å². The van der Waals surface area contributed by atoms with Crippen LogP contribution in [0.1, 0.15) is 11.1 Å². The third-order valence-corrected chi connectivity index (χ3v) is 2.64. The Morgan fingerprint density at radius 1 is 1.11 bits per heavy atom. The van der Waals surface area contributed by atoms with Crippen LogP contribution in [-0.4, -0.2) is 5.11 Å². The Bertz CT molecular complexity index is 570. The third-order valence-electron chi connectivity index (χ3n) is 2.64. The molecule has 2 N–H and O–H groups in total. The molecule has 2 rings (SSSR count). The monoisotopic (exact) mass is 249 g/mol. The Morgan fingerprint density at radius 2 is 1.89 bits per heavy atom. The molecular weight excluding hydrogens is 236 g/mol. The van der Waals surface area contributed by atoms with Crippen LogP contribution in [0.4, 0.5) is 14.5 Å². The molecule has 0 aromatic heterocycles. The summed E-state index contributed by atoms with van der Waals surface area (Å²) in [6.07, 6.45) is 0. The normalized spacial score (nSPS) is 10.4. The second-order valence-corrected chi connectivity index (χ2v) is 4.11. The van der Waals surface area contributed by atoms with Crippen molar-refractivity contribution in [2.24, 2.45) is 0 Å². The maximum Gasteiger partial charge on any atom is 0.149 e. The van der Waals surface area contributed by atoms with Gasteiger partial charge < -0.3 is 10.4 Å². The minimum Gasteiger partial charge on any atom is -0.508 e. The number of aryl methyl sites for hydroxylation is 1. The number of hydrogen-bond donors (Lipinski definition) is 2. The van der Waals surface area contributed by atoms with Crippen LogP contribution >= 0.6 is 0 Å². The molecule has 0 saturated heterocycles. The number of anilines is 1. The standard InChI is InChI=1S/C14H13F2NO/c1-9-2-5-14(18)10(6-9)8-17-13-4-3-11(15)7-12(13)16/h2-7,17-18H,8H2,1H3. The summed E-state index contributed by atoms with van der Waals surface area (Å²) in [7, 11) is 0. The molecule has 0 amide bonds. The number of nitrogens with one attached hydrogen (secondary N) is 1. The van der Waals surface area contributed by atoms with Gasteiger partial charge in [0.25, 0.3) is 0 Å². The number of hydrogen-bond acceptors (Lipinski definition) is 2. The van der Waals surface area contributed by atoms with Crippen molar-refractivity contribution in [2.45, 2.75) is 13.5 Å². The molecule has 4 heteroatoms. The Morgan fingerprint density at radius 3 is 2.61 bits per heavy atom. The number of phenols is 1. The second kappa shape index (κ2) is 5.04. The molecule has 0 bridgehead atoms. The maximum atomic E-state index is 13.4. The van der Waals surface area contributed by atoms with E-state index in [0.717, 1.165) is 11.6 Å². The van der Waals surface area contributed by atoms with Crippen LogP contribution in [0.15, 0.2) is 36.4 Å². The molecule has 0 saturated carbocycles. The van der Waals surface area contributed by atoms with Gasteiger partial charge in [-0.05, 0) is 25.1 Å². The summed E-state index contributed by atoms with van der Waals surface area (Å²) in [6, 6.07) is 8.52. The molecule has 0 radical (unpaired) electrons. The Kier molecular flexibility index (Phi) is 3.46. The van der Waals surface area contributed by atoms with Gasteiger partial charge in [-0.15, -0.1) is 0 Å². The largest absolute Gasteiger partial charge is 0.508 e. The summed E-state index contributed by atoms with van der Waals surface area (Å²) in [6.45, 7) is 2.18. The van der Waals surface area contributed by atoms with Crippen molar-refractivity contribution in [3.63, 3.8) is 0 Å². The van der Waals surface area contributed by atoms with Crippen LogP contribution in [0.2, 0.25) is 0 Å². The van der Waals surface area contributed by atoms with Crippen LogP contribution in [-0.2, 0) is 6.54 Å². The Balaban J connectivity index is 2.13. The molecule has 2 aromatic carbocycles. The second-order valence-electron chi connectivity index (χ2n) is 4.11. The van der Waals surface area contributed by atoms with Crippen molar-refractivity contribution in [3.8, 4) is 5.75 Å². The van der Waals surface area contributed by atoms with Gasteiger partial charge in [0.15, 0.2) is 0 Å². The first-order valence-corrected chi connectivity index (χ1v) is 5.53. The number of benzene rings is 2. The Hall–Kier alpha value is -2.10. The van der Waals surface area contributed by atoms with Crippen molar-refractivity contribution in [2.75, 3.05) is 5.32 Å². The van der Waals surface area contributed by atoms with E-state index < -0.39 is 11.6 Å². The molecule has 18 heavy (non-hydrogen) atoms. The molecule has 0 aliphatic carbocycles. The van der Waals surface area contributed by atoms with Crippen molar-refractivity contribution in [1.29, 1.82) is 0 Å². The number of halogens is 2. The summed E-state index contributed by atoms with van der Waals surface area (Å²) in [5.74, 6) is -1.12.